The summed E-state index contributed by atoms with van der Waals surface area (Å²) >= 11 is 1.69. The maximum atomic E-state index is 13.2. The molecule has 1 N–H and O–H groups in total. The summed E-state index contributed by atoms with van der Waals surface area (Å²) in [5.74, 6) is 1.38. The Labute approximate surface area is 128 Å². The zero-order valence-electron chi connectivity index (χ0n) is 11.8. The van der Waals surface area contributed by atoms with Gasteiger partial charge in [-0.25, -0.2) is 4.39 Å². The van der Waals surface area contributed by atoms with Crippen LogP contribution in [0.1, 0.15) is 24.2 Å². The predicted octanol–water partition coefficient (Wildman–Crippen LogP) is 3.97. The monoisotopic (exact) mass is 304 g/mol. The minimum absolute atomic E-state index is 0.0713. The Bertz CT molecular complexity index is 642. The number of hydrogen-bond donors (Lipinski definition) is 1. The summed E-state index contributed by atoms with van der Waals surface area (Å²) in [6.07, 6.45) is 0.360. The van der Waals surface area contributed by atoms with Crippen molar-refractivity contribution in [1.29, 1.82) is 0 Å². The van der Waals surface area contributed by atoms with Gasteiger partial charge in [-0.15, -0.1) is 11.8 Å². The molecule has 2 nitrogen and oxygen atoms in total. The number of thioether (sulfide) groups is 1. The van der Waals surface area contributed by atoms with Gasteiger partial charge in [0.1, 0.15) is 17.7 Å². The predicted molar refractivity (Wildman–Crippen MR) is 82.3 cm³/mol. The summed E-state index contributed by atoms with van der Waals surface area (Å²) in [5, 5.41) is 9.60. The molecule has 2 unspecified atom stereocenters. The molecule has 0 spiro atoms. The second kappa shape index (κ2) is 6.08. The van der Waals surface area contributed by atoms with Crippen LogP contribution in [0.5, 0.6) is 5.75 Å². The first-order valence-electron chi connectivity index (χ1n) is 6.98. The first-order valence-corrected chi connectivity index (χ1v) is 7.96. The van der Waals surface area contributed by atoms with E-state index < -0.39 is 6.10 Å². The molecule has 110 valence electrons. The third kappa shape index (κ3) is 3.39. The highest BCUT2D eigenvalue weighted by Crippen LogP contribution is 2.32. The molecule has 1 aliphatic rings. The third-order valence-electron chi connectivity index (χ3n) is 3.54. The molecule has 3 rings (SSSR count). The molecule has 0 saturated carbocycles. The summed E-state index contributed by atoms with van der Waals surface area (Å²) in [6, 6.07) is 12.6. The number of fused-ring (bicyclic) bond motifs is 1. The Morgan fingerprint density at radius 1 is 1.33 bits per heavy atom. The summed E-state index contributed by atoms with van der Waals surface area (Å²) in [6.45, 7) is 1.76. The summed E-state index contributed by atoms with van der Waals surface area (Å²) in [5.41, 5.74) is 1.86. The van der Waals surface area contributed by atoms with Crippen LogP contribution in [0.15, 0.2) is 47.4 Å². The van der Waals surface area contributed by atoms with E-state index >= 15 is 0 Å². The molecule has 1 heterocycles. The number of rotatable bonds is 4. The van der Waals surface area contributed by atoms with Gasteiger partial charge in [0, 0.05) is 22.6 Å². The van der Waals surface area contributed by atoms with E-state index in [1.165, 1.54) is 6.07 Å². The largest absolute Gasteiger partial charge is 0.489 e. The third-order valence-corrected chi connectivity index (χ3v) is 4.67. The van der Waals surface area contributed by atoms with Crippen molar-refractivity contribution in [2.24, 2.45) is 0 Å². The molecule has 0 radical (unpaired) electrons. The normalized spacial score (nSPS) is 18.1. The summed E-state index contributed by atoms with van der Waals surface area (Å²) < 4.78 is 19.0. The highest BCUT2D eigenvalue weighted by molar-refractivity contribution is 7.99. The van der Waals surface area contributed by atoms with Crippen molar-refractivity contribution < 1.29 is 14.2 Å². The molecule has 2 aromatic carbocycles. The Kier molecular flexibility index (Phi) is 4.17. The van der Waals surface area contributed by atoms with Crippen LogP contribution in [0.3, 0.4) is 0 Å². The Hall–Kier alpha value is -1.52. The lowest BCUT2D eigenvalue weighted by atomic mass is 10.1. The van der Waals surface area contributed by atoms with Gasteiger partial charge in [0.2, 0.25) is 0 Å². The molecule has 0 bridgehead atoms. The van der Waals surface area contributed by atoms with Gasteiger partial charge < -0.3 is 9.84 Å². The average Bonchev–Trinajstić information content (AvgIpc) is 2.87. The van der Waals surface area contributed by atoms with Crippen LogP contribution in [0, 0.1) is 5.82 Å². The lowest BCUT2D eigenvalue weighted by Crippen LogP contribution is -2.15. The fraction of sp³-hybridized carbons (Fsp3) is 0.294. The molecule has 4 heteroatoms. The van der Waals surface area contributed by atoms with Crippen molar-refractivity contribution >= 4 is 11.8 Å². The first kappa shape index (κ1) is 14.4. The van der Waals surface area contributed by atoms with Gasteiger partial charge >= 0.3 is 0 Å². The standard InChI is InChI=1S/C17H17FO2S/c1-11(19)12-3-2-4-16(9-12)21-10-15-8-13-7-14(18)5-6-17(13)20-15/h2-7,9,11,15,19H,8,10H2,1H3. The summed E-state index contributed by atoms with van der Waals surface area (Å²) in [4.78, 5) is 1.11. The van der Waals surface area contributed by atoms with E-state index in [1.54, 1.807) is 30.8 Å². The first-order chi connectivity index (χ1) is 10.1. The molecule has 0 fully saturated rings. The Morgan fingerprint density at radius 3 is 3.00 bits per heavy atom. The summed E-state index contributed by atoms with van der Waals surface area (Å²) in [7, 11) is 0. The van der Waals surface area contributed by atoms with Crippen LogP contribution in [0.25, 0.3) is 0 Å². The molecule has 2 atom stereocenters. The van der Waals surface area contributed by atoms with Gasteiger partial charge in [-0.2, -0.15) is 0 Å². The SMILES string of the molecule is CC(O)c1cccc(SCC2Cc3cc(F)ccc3O2)c1. The van der Waals surface area contributed by atoms with Crippen molar-refractivity contribution in [3.05, 3.63) is 59.4 Å². The van der Waals surface area contributed by atoms with Gasteiger partial charge in [-0.05, 0) is 42.8 Å². The molecule has 0 saturated heterocycles. The molecular formula is C17H17FO2S. The number of aliphatic hydroxyl groups excluding tert-OH is 1. The lowest BCUT2D eigenvalue weighted by molar-refractivity contribution is 0.199. The van der Waals surface area contributed by atoms with E-state index in [1.807, 2.05) is 24.3 Å². The maximum absolute atomic E-state index is 13.2. The van der Waals surface area contributed by atoms with E-state index in [2.05, 4.69) is 0 Å². The topological polar surface area (TPSA) is 29.5 Å². The molecule has 21 heavy (non-hydrogen) atoms. The highest BCUT2D eigenvalue weighted by atomic mass is 32.2. The van der Waals surface area contributed by atoms with Crippen molar-refractivity contribution in [2.75, 3.05) is 5.75 Å². The van der Waals surface area contributed by atoms with Gasteiger partial charge in [0.15, 0.2) is 0 Å². The van der Waals surface area contributed by atoms with Gasteiger partial charge in [-0.3, -0.25) is 0 Å². The smallest absolute Gasteiger partial charge is 0.123 e. The maximum Gasteiger partial charge on any atom is 0.123 e. The van der Waals surface area contributed by atoms with Crippen LogP contribution < -0.4 is 4.74 Å². The number of halogens is 1. The zero-order chi connectivity index (χ0) is 14.8. The molecule has 2 aromatic rings. The second-order valence-corrected chi connectivity index (χ2v) is 6.35. The van der Waals surface area contributed by atoms with E-state index in [4.69, 9.17) is 4.74 Å². The van der Waals surface area contributed by atoms with E-state index in [0.29, 0.717) is 0 Å². The quantitative estimate of drug-likeness (QED) is 0.867. The Morgan fingerprint density at radius 2 is 2.19 bits per heavy atom. The molecule has 0 aliphatic carbocycles. The van der Waals surface area contributed by atoms with E-state index in [0.717, 1.165) is 33.9 Å². The number of aliphatic hydroxyl groups is 1. The Balaban J connectivity index is 1.61. The van der Waals surface area contributed by atoms with Crippen molar-refractivity contribution in [3.63, 3.8) is 0 Å². The van der Waals surface area contributed by atoms with Crippen LogP contribution in [0.4, 0.5) is 4.39 Å². The second-order valence-electron chi connectivity index (χ2n) is 5.26. The molecular weight excluding hydrogens is 287 g/mol. The fourth-order valence-corrected chi connectivity index (χ4v) is 3.39. The van der Waals surface area contributed by atoms with Crippen molar-refractivity contribution in [2.45, 2.75) is 30.4 Å². The molecule has 0 aromatic heterocycles. The van der Waals surface area contributed by atoms with Crippen LogP contribution >= 0.6 is 11.8 Å². The van der Waals surface area contributed by atoms with Gasteiger partial charge in [0.05, 0.1) is 6.10 Å². The van der Waals surface area contributed by atoms with Gasteiger partial charge in [-0.1, -0.05) is 12.1 Å². The van der Waals surface area contributed by atoms with Crippen LogP contribution in [0.2, 0.25) is 0 Å². The van der Waals surface area contributed by atoms with Crippen LogP contribution in [-0.4, -0.2) is 17.0 Å². The van der Waals surface area contributed by atoms with Gasteiger partial charge in [0.25, 0.3) is 0 Å². The minimum atomic E-state index is -0.458. The molecule has 0 amide bonds. The fourth-order valence-electron chi connectivity index (χ4n) is 2.44. The van der Waals surface area contributed by atoms with Crippen molar-refractivity contribution in [1.82, 2.24) is 0 Å². The zero-order valence-corrected chi connectivity index (χ0v) is 12.6. The van der Waals surface area contributed by atoms with E-state index in [9.17, 15) is 9.50 Å². The number of hydrogen-bond acceptors (Lipinski definition) is 3. The van der Waals surface area contributed by atoms with E-state index in [-0.39, 0.29) is 11.9 Å². The molecule has 1 aliphatic heterocycles. The number of ether oxygens (including phenoxy) is 1. The number of benzene rings is 2. The van der Waals surface area contributed by atoms with Crippen LogP contribution in [-0.2, 0) is 6.42 Å². The highest BCUT2D eigenvalue weighted by Gasteiger charge is 2.23. The minimum Gasteiger partial charge on any atom is -0.489 e. The lowest BCUT2D eigenvalue weighted by Gasteiger charge is -2.11. The van der Waals surface area contributed by atoms with Crippen molar-refractivity contribution in [3.8, 4) is 5.75 Å². The average molecular weight is 304 g/mol.